The van der Waals surface area contributed by atoms with Gasteiger partial charge in [-0.15, -0.1) is 0 Å². The summed E-state index contributed by atoms with van der Waals surface area (Å²) in [5.74, 6) is 0.146. The van der Waals surface area contributed by atoms with Crippen molar-refractivity contribution in [3.8, 4) is 0 Å². The number of benzene rings is 1. The van der Waals surface area contributed by atoms with Gasteiger partial charge in [0.2, 0.25) is 0 Å². The van der Waals surface area contributed by atoms with Crippen LogP contribution in [0.3, 0.4) is 0 Å². The van der Waals surface area contributed by atoms with Gasteiger partial charge in [0.25, 0.3) is 5.91 Å². The van der Waals surface area contributed by atoms with Crippen LogP contribution in [0.1, 0.15) is 42.1 Å². The van der Waals surface area contributed by atoms with Gasteiger partial charge in [0.1, 0.15) is 0 Å². The third kappa shape index (κ3) is 3.61. The van der Waals surface area contributed by atoms with Gasteiger partial charge in [0.05, 0.1) is 5.56 Å². The summed E-state index contributed by atoms with van der Waals surface area (Å²) in [5.41, 5.74) is 1.93. The van der Waals surface area contributed by atoms with E-state index in [9.17, 15) is 4.79 Å². The Morgan fingerprint density at radius 2 is 2.30 bits per heavy atom. The van der Waals surface area contributed by atoms with E-state index >= 15 is 0 Å². The molecule has 1 aromatic rings. The first-order valence-corrected chi connectivity index (χ1v) is 8.20. The summed E-state index contributed by atoms with van der Waals surface area (Å²) < 4.78 is 0.896. The van der Waals surface area contributed by atoms with Gasteiger partial charge < -0.3 is 10.2 Å². The molecule has 0 aliphatic carbocycles. The van der Waals surface area contributed by atoms with E-state index in [4.69, 9.17) is 0 Å². The van der Waals surface area contributed by atoms with E-state index in [0.29, 0.717) is 6.04 Å². The van der Waals surface area contributed by atoms with Crippen molar-refractivity contribution in [2.24, 2.45) is 0 Å². The van der Waals surface area contributed by atoms with Crippen molar-refractivity contribution in [2.45, 2.75) is 39.2 Å². The maximum absolute atomic E-state index is 12.8. The molecule has 3 nitrogen and oxygen atoms in total. The fourth-order valence-electron chi connectivity index (χ4n) is 2.74. The van der Waals surface area contributed by atoms with Crippen LogP contribution in [0, 0.1) is 6.92 Å². The van der Waals surface area contributed by atoms with Crippen molar-refractivity contribution < 1.29 is 4.79 Å². The first-order valence-electron chi connectivity index (χ1n) is 7.41. The number of nitrogens with zero attached hydrogens (tertiary/aromatic N) is 1. The van der Waals surface area contributed by atoms with Crippen LogP contribution in [-0.2, 0) is 0 Å². The van der Waals surface area contributed by atoms with Crippen LogP contribution in [0.25, 0.3) is 0 Å². The molecule has 0 bridgehead atoms. The summed E-state index contributed by atoms with van der Waals surface area (Å²) in [6, 6.07) is 6.27. The summed E-state index contributed by atoms with van der Waals surface area (Å²) in [5, 5.41) is 3.40. The topological polar surface area (TPSA) is 32.3 Å². The van der Waals surface area contributed by atoms with Crippen LogP contribution >= 0.6 is 15.9 Å². The predicted octanol–water partition coefficient (Wildman–Crippen LogP) is 3.36. The summed E-state index contributed by atoms with van der Waals surface area (Å²) >= 11 is 3.53. The maximum Gasteiger partial charge on any atom is 0.255 e. The van der Waals surface area contributed by atoms with E-state index < -0.39 is 0 Å². The molecule has 4 heteroatoms. The molecule has 1 unspecified atom stereocenters. The number of hydrogen-bond donors (Lipinski definition) is 1. The second-order valence-corrected chi connectivity index (χ2v) is 6.34. The summed E-state index contributed by atoms with van der Waals surface area (Å²) in [6.07, 6.45) is 3.24. The highest BCUT2D eigenvalue weighted by Gasteiger charge is 2.26. The Morgan fingerprint density at radius 1 is 1.50 bits per heavy atom. The van der Waals surface area contributed by atoms with Crippen LogP contribution < -0.4 is 5.32 Å². The van der Waals surface area contributed by atoms with E-state index in [-0.39, 0.29) is 5.91 Å². The number of carbonyl (C=O) groups excluding carboxylic acids is 1. The Hall–Kier alpha value is -0.870. The van der Waals surface area contributed by atoms with Gasteiger partial charge in [0.15, 0.2) is 0 Å². The summed E-state index contributed by atoms with van der Waals surface area (Å²) in [6.45, 7) is 6.97. The lowest BCUT2D eigenvalue weighted by molar-refractivity contribution is 0.0648. The van der Waals surface area contributed by atoms with Crippen molar-refractivity contribution in [1.29, 1.82) is 0 Å². The van der Waals surface area contributed by atoms with Crippen LogP contribution in [-0.4, -0.2) is 36.5 Å². The lowest BCUT2D eigenvalue weighted by Crippen LogP contribution is -2.49. The molecule has 110 valence electrons. The number of hydrogen-bond acceptors (Lipinski definition) is 2. The van der Waals surface area contributed by atoms with E-state index in [1.54, 1.807) is 0 Å². The van der Waals surface area contributed by atoms with E-state index in [2.05, 4.69) is 28.2 Å². The van der Waals surface area contributed by atoms with E-state index in [1.807, 2.05) is 30.0 Å². The Balaban J connectivity index is 2.21. The van der Waals surface area contributed by atoms with Gasteiger partial charge in [-0.1, -0.05) is 13.0 Å². The predicted molar refractivity (Wildman–Crippen MR) is 86.1 cm³/mol. The molecule has 2 rings (SSSR count). The number of aryl methyl sites for hydroxylation is 1. The lowest BCUT2D eigenvalue weighted by atomic mass is 10.0. The molecule has 0 saturated carbocycles. The molecular weight excluding hydrogens is 316 g/mol. The number of halogens is 1. The van der Waals surface area contributed by atoms with Gasteiger partial charge >= 0.3 is 0 Å². The van der Waals surface area contributed by atoms with Crippen LogP contribution in [0.2, 0.25) is 0 Å². The van der Waals surface area contributed by atoms with Crippen LogP contribution in [0.15, 0.2) is 22.7 Å². The molecule has 1 aliphatic heterocycles. The average molecular weight is 339 g/mol. The summed E-state index contributed by atoms with van der Waals surface area (Å²) in [4.78, 5) is 14.9. The van der Waals surface area contributed by atoms with E-state index in [1.165, 1.54) is 0 Å². The number of rotatable bonds is 4. The Morgan fingerprint density at radius 3 is 2.90 bits per heavy atom. The maximum atomic E-state index is 12.8. The second kappa shape index (κ2) is 7.23. The highest BCUT2D eigenvalue weighted by Crippen LogP contribution is 2.22. The highest BCUT2D eigenvalue weighted by atomic mass is 79.9. The van der Waals surface area contributed by atoms with Crippen molar-refractivity contribution in [1.82, 2.24) is 10.2 Å². The third-order valence-corrected chi connectivity index (χ3v) is 4.45. The quantitative estimate of drug-likeness (QED) is 0.912. The molecule has 1 atom stereocenters. The number of piperidine rings is 1. The van der Waals surface area contributed by atoms with Crippen molar-refractivity contribution >= 4 is 21.8 Å². The monoisotopic (exact) mass is 338 g/mol. The van der Waals surface area contributed by atoms with Gasteiger partial charge in [-0.2, -0.15) is 0 Å². The molecule has 1 amide bonds. The average Bonchev–Trinajstić information content (AvgIpc) is 2.45. The number of amides is 1. The zero-order chi connectivity index (χ0) is 14.5. The lowest BCUT2D eigenvalue weighted by Gasteiger charge is -2.35. The second-order valence-electron chi connectivity index (χ2n) is 5.48. The molecule has 1 aromatic carbocycles. The molecule has 1 N–H and O–H groups in total. The third-order valence-electron chi connectivity index (χ3n) is 3.79. The Kier molecular flexibility index (Phi) is 5.61. The van der Waals surface area contributed by atoms with Gasteiger partial charge in [0, 0.05) is 23.6 Å². The first-order chi connectivity index (χ1) is 9.63. The molecule has 1 aliphatic rings. The highest BCUT2D eigenvalue weighted by molar-refractivity contribution is 9.10. The molecule has 0 aromatic heterocycles. The minimum Gasteiger partial charge on any atom is -0.334 e. The molecular formula is C16H23BrN2O. The minimum absolute atomic E-state index is 0.146. The fraction of sp³-hybridized carbons (Fsp3) is 0.562. The summed E-state index contributed by atoms with van der Waals surface area (Å²) in [7, 11) is 0. The minimum atomic E-state index is 0.146. The molecule has 1 saturated heterocycles. The molecule has 1 heterocycles. The van der Waals surface area contributed by atoms with Crippen molar-refractivity contribution in [3.63, 3.8) is 0 Å². The van der Waals surface area contributed by atoms with Crippen LogP contribution in [0.5, 0.6) is 0 Å². The molecule has 0 spiro atoms. The first kappa shape index (κ1) is 15.5. The zero-order valence-electron chi connectivity index (χ0n) is 12.3. The molecule has 20 heavy (non-hydrogen) atoms. The smallest absolute Gasteiger partial charge is 0.255 e. The standard InChI is InChI=1S/C16H23BrN2O/c1-3-9-19(13-5-4-8-18-11-13)16(20)14-7-6-12(2)10-15(14)17/h6-7,10,13,18H,3-5,8-9,11H2,1-2H3. The number of carbonyl (C=O) groups is 1. The Labute approximate surface area is 129 Å². The van der Waals surface area contributed by atoms with Crippen molar-refractivity contribution in [3.05, 3.63) is 33.8 Å². The van der Waals surface area contributed by atoms with Gasteiger partial charge in [-0.25, -0.2) is 0 Å². The van der Waals surface area contributed by atoms with E-state index in [0.717, 1.165) is 54.5 Å². The van der Waals surface area contributed by atoms with Crippen LogP contribution in [0.4, 0.5) is 0 Å². The normalized spacial score (nSPS) is 18.9. The van der Waals surface area contributed by atoms with Gasteiger partial charge in [-0.05, 0) is 66.4 Å². The fourth-order valence-corrected chi connectivity index (χ4v) is 3.40. The Bertz CT molecular complexity index is 470. The number of nitrogens with one attached hydrogen (secondary N) is 1. The largest absolute Gasteiger partial charge is 0.334 e. The zero-order valence-corrected chi connectivity index (χ0v) is 13.9. The molecule has 0 radical (unpaired) electrons. The van der Waals surface area contributed by atoms with Crippen molar-refractivity contribution in [2.75, 3.05) is 19.6 Å². The van der Waals surface area contributed by atoms with Gasteiger partial charge in [-0.3, -0.25) is 4.79 Å². The SMILES string of the molecule is CCCN(C(=O)c1ccc(C)cc1Br)C1CCCNC1. The molecule has 1 fully saturated rings.